The highest BCUT2D eigenvalue weighted by Gasteiger charge is 1.90. The van der Waals surface area contributed by atoms with Crippen LogP contribution in [-0.4, -0.2) is 0 Å². The zero-order chi connectivity index (χ0) is 10.6. The highest BCUT2D eigenvalue weighted by atomic mass is 14.0. The van der Waals surface area contributed by atoms with E-state index < -0.39 is 0 Å². The Hall–Kier alpha value is -1.04. The number of hydrogen-bond acceptors (Lipinski definition) is 0. The first-order chi connectivity index (χ1) is 6.59. The summed E-state index contributed by atoms with van der Waals surface area (Å²) in [6.07, 6.45) is 4.63. The molecular weight excluding hydrogens is 168 g/mol. The van der Waals surface area contributed by atoms with Gasteiger partial charge in [0.05, 0.1) is 0 Å². The van der Waals surface area contributed by atoms with Crippen LogP contribution in [0.4, 0.5) is 0 Å². The molecule has 14 heavy (non-hydrogen) atoms. The smallest absolute Gasteiger partial charge is 0.0225 e. The van der Waals surface area contributed by atoms with E-state index in [0.717, 1.165) is 0 Å². The number of hydrogen-bond donors (Lipinski definition) is 0. The van der Waals surface area contributed by atoms with E-state index in [1.54, 1.807) is 0 Å². The van der Waals surface area contributed by atoms with Crippen LogP contribution < -0.4 is 10.4 Å². The molecule has 0 amide bonds. The Morgan fingerprint density at radius 1 is 0.786 bits per heavy atom. The molecule has 0 atom stereocenters. The molecule has 0 aliphatic carbocycles. The maximum absolute atomic E-state index is 2.31. The van der Waals surface area contributed by atoms with Gasteiger partial charge in [0.25, 0.3) is 0 Å². The summed E-state index contributed by atoms with van der Waals surface area (Å²) in [6.45, 7) is 8.86. The highest BCUT2D eigenvalue weighted by Crippen LogP contribution is 1.93. The van der Waals surface area contributed by atoms with Crippen LogP contribution in [0.2, 0.25) is 0 Å². The monoisotopic (exact) mass is 188 g/mol. The fraction of sp³-hybridized carbons (Fsp3) is 0.429. The molecule has 0 saturated carbocycles. The van der Waals surface area contributed by atoms with Gasteiger partial charge in [-0.2, -0.15) is 0 Å². The van der Waals surface area contributed by atoms with Crippen molar-refractivity contribution in [1.82, 2.24) is 0 Å². The van der Waals surface area contributed by atoms with E-state index in [1.807, 2.05) is 0 Å². The lowest BCUT2D eigenvalue weighted by molar-refractivity contribution is 0.873. The minimum atomic E-state index is 0.608. The summed E-state index contributed by atoms with van der Waals surface area (Å²) in [4.78, 5) is 0. The standard InChI is InChI=1S/C14H20/c1-11(2)9-13-7-5-6-8-14(13)10-12(3)4/h5-12H,1-4H3/b13-9-,14-10-. The summed E-state index contributed by atoms with van der Waals surface area (Å²) in [6, 6.07) is 8.58. The van der Waals surface area contributed by atoms with Crippen molar-refractivity contribution in [1.29, 1.82) is 0 Å². The molecule has 1 aromatic rings. The Labute approximate surface area is 87.0 Å². The van der Waals surface area contributed by atoms with Gasteiger partial charge in [0.15, 0.2) is 0 Å². The van der Waals surface area contributed by atoms with Gasteiger partial charge < -0.3 is 0 Å². The van der Waals surface area contributed by atoms with Crippen LogP contribution in [0.25, 0.3) is 12.2 Å². The third-order valence-corrected chi connectivity index (χ3v) is 2.02. The van der Waals surface area contributed by atoms with Crippen molar-refractivity contribution < 1.29 is 0 Å². The Bertz CT molecular complexity index is 344. The average molecular weight is 188 g/mol. The fourth-order valence-electron chi connectivity index (χ4n) is 1.53. The molecule has 0 spiro atoms. The molecule has 0 fully saturated rings. The van der Waals surface area contributed by atoms with Crippen molar-refractivity contribution in [3.8, 4) is 0 Å². The summed E-state index contributed by atoms with van der Waals surface area (Å²) < 4.78 is 0. The maximum atomic E-state index is 2.31. The molecule has 0 aromatic heterocycles. The van der Waals surface area contributed by atoms with E-state index >= 15 is 0 Å². The van der Waals surface area contributed by atoms with Crippen molar-refractivity contribution in [2.24, 2.45) is 11.8 Å². The minimum absolute atomic E-state index is 0.608. The predicted molar refractivity (Wildman–Crippen MR) is 64.3 cm³/mol. The third kappa shape index (κ3) is 3.37. The summed E-state index contributed by atoms with van der Waals surface area (Å²) in [5.74, 6) is 1.22. The SMILES string of the molecule is CC(C)/C=c1/cccc/c1=C/C(C)C. The zero-order valence-corrected chi connectivity index (χ0v) is 9.62. The maximum Gasteiger partial charge on any atom is -0.0225 e. The third-order valence-electron chi connectivity index (χ3n) is 2.02. The van der Waals surface area contributed by atoms with E-state index in [1.165, 1.54) is 10.4 Å². The second-order valence-corrected chi connectivity index (χ2v) is 4.45. The van der Waals surface area contributed by atoms with Crippen molar-refractivity contribution >= 4 is 12.2 Å². The van der Waals surface area contributed by atoms with Gasteiger partial charge in [-0.1, -0.05) is 64.1 Å². The second kappa shape index (κ2) is 4.99. The van der Waals surface area contributed by atoms with Crippen LogP contribution in [0.15, 0.2) is 24.3 Å². The fourth-order valence-corrected chi connectivity index (χ4v) is 1.53. The van der Waals surface area contributed by atoms with Crippen molar-refractivity contribution in [2.45, 2.75) is 27.7 Å². The molecule has 0 bridgehead atoms. The molecule has 0 heteroatoms. The quantitative estimate of drug-likeness (QED) is 0.669. The topological polar surface area (TPSA) is 0 Å². The van der Waals surface area contributed by atoms with Gasteiger partial charge in [-0.05, 0) is 22.3 Å². The van der Waals surface area contributed by atoms with E-state index in [4.69, 9.17) is 0 Å². The summed E-state index contributed by atoms with van der Waals surface area (Å²) >= 11 is 0. The summed E-state index contributed by atoms with van der Waals surface area (Å²) in [5.41, 5.74) is 0. The molecular formula is C14H20. The molecule has 1 aromatic carbocycles. The lowest BCUT2D eigenvalue weighted by Crippen LogP contribution is -2.25. The van der Waals surface area contributed by atoms with Crippen molar-refractivity contribution in [3.05, 3.63) is 34.7 Å². The Kier molecular flexibility index (Phi) is 3.94. The lowest BCUT2D eigenvalue weighted by atomic mass is 10.1. The van der Waals surface area contributed by atoms with E-state index in [0.29, 0.717) is 11.8 Å². The summed E-state index contributed by atoms with van der Waals surface area (Å²) in [5, 5.41) is 2.72. The van der Waals surface area contributed by atoms with Crippen LogP contribution in [0, 0.1) is 11.8 Å². The average Bonchev–Trinajstić information content (AvgIpc) is 2.06. The van der Waals surface area contributed by atoms with E-state index in [9.17, 15) is 0 Å². The Morgan fingerprint density at radius 3 is 1.43 bits per heavy atom. The zero-order valence-electron chi connectivity index (χ0n) is 9.62. The first-order valence-corrected chi connectivity index (χ1v) is 5.38. The number of rotatable bonds is 2. The van der Waals surface area contributed by atoms with Gasteiger partial charge in [-0.25, -0.2) is 0 Å². The van der Waals surface area contributed by atoms with E-state index in [-0.39, 0.29) is 0 Å². The largest absolute Gasteiger partial charge is 0.0741 e. The first-order valence-electron chi connectivity index (χ1n) is 5.38. The lowest BCUT2D eigenvalue weighted by Gasteiger charge is -1.97. The van der Waals surface area contributed by atoms with E-state index in [2.05, 4.69) is 64.1 Å². The van der Waals surface area contributed by atoms with Crippen LogP contribution in [0.5, 0.6) is 0 Å². The molecule has 0 saturated heterocycles. The summed E-state index contributed by atoms with van der Waals surface area (Å²) in [7, 11) is 0. The highest BCUT2D eigenvalue weighted by molar-refractivity contribution is 5.33. The van der Waals surface area contributed by atoms with Gasteiger partial charge in [-0.15, -0.1) is 0 Å². The molecule has 0 radical (unpaired) electrons. The normalized spacial score (nSPS) is 14.4. The second-order valence-electron chi connectivity index (χ2n) is 4.45. The van der Waals surface area contributed by atoms with Crippen molar-refractivity contribution in [3.63, 3.8) is 0 Å². The van der Waals surface area contributed by atoms with Crippen LogP contribution in [0.1, 0.15) is 27.7 Å². The first kappa shape index (κ1) is 11.0. The molecule has 0 nitrogen and oxygen atoms in total. The molecule has 76 valence electrons. The van der Waals surface area contributed by atoms with Gasteiger partial charge in [-0.3, -0.25) is 0 Å². The molecule has 0 aliphatic rings. The van der Waals surface area contributed by atoms with Crippen molar-refractivity contribution in [2.75, 3.05) is 0 Å². The van der Waals surface area contributed by atoms with Gasteiger partial charge in [0, 0.05) is 0 Å². The Morgan fingerprint density at radius 2 is 1.14 bits per heavy atom. The molecule has 0 unspecified atom stereocenters. The number of benzene rings is 1. The van der Waals surface area contributed by atoms with Crippen LogP contribution in [-0.2, 0) is 0 Å². The molecule has 0 heterocycles. The van der Waals surface area contributed by atoms with Gasteiger partial charge in [0.2, 0.25) is 0 Å². The predicted octanol–water partition coefficient (Wildman–Crippen LogP) is 2.56. The Balaban J connectivity index is 3.30. The minimum Gasteiger partial charge on any atom is -0.0741 e. The molecule has 0 N–H and O–H groups in total. The van der Waals surface area contributed by atoms with Crippen LogP contribution in [0.3, 0.4) is 0 Å². The van der Waals surface area contributed by atoms with Gasteiger partial charge in [0.1, 0.15) is 0 Å². The van der Waals surface area contributed by atoms with Gasteiger partial charge >= 0.3 is 0 Å². The molecule has 0 aliphatic heterocycles. The molecule has 1 rings (SSSR count). The van der Waals surface area contributed by atoms with Crippen LogP contribution >= 0.6 is 0 Å².